The Labute approximate surface area is 79.7 Å². The van der Waals surface area contributed by atoms with Gasteiger partial charge >= 0.3 is 0 Å². The van der Waals surface area contributed by atoms with E-state index in [1.54, 1.807) is 7.11 Å². The van der Waals surface area contributed by atoms with Crippen LogP contribution in [0.15, 0.2) is 18.2 Å². The van der Waals surface area contributed by atoms with E-state index in [1.807, 2.05) is 39.0 Å². The van der Waals surface area contributed by atoms with Crippen molar-refractivity contribution in [2.24, 2.45) is 0 Å². The average Bonchev–Trinajstić information content (AvgIpc) is 2.03. The van der Waals surface area contributed by atoms with Crippen LogP contribution in [0, 0.1) is 6.92 Å². The Morgan fingerprint density at radius 1 is 1.31 bits per heavy atom. The number of nitrogen functional groups attached to an aromatic ring is 1. The maximum atomic E-state index is 5.67. The fourth-order valence-corrected chi connectivity index (χ4v) is 1.47. The standard InChI is InChI=1S/C11H17NO/c1-8-7-9(12)5-6-10(8)11(2,3)13-4/h5-7H,12H2,1-4H3. The first kappa shape index (κ1) is 10.1. The van der Waals surface area contributed by atoms with Crippen molar-refractivity contribution in [1.82, 2.24) is 0 Å². The van der Waals surface area contributed by atoms with Crippen LogP contribution in [-0.2, 0) is 10.3 Å². The van der Waals surface area contributed by atoms with Crippen LogP contribution in [0.2, 0.25) is 0 Å². The van der Waals surface area contributed by atoms with E-state index < -0.39 is 0 Å². The van der Waals surface area contributed by atoms with Crippen molar-refractivity contribution in [3.63, 3.8) is 0 Å². The van der Waals surface area contributed by atoms with Gasteiger partial charge in [0.1, 0.15) is 0 Å². The molecule has 1 rings (SSSR count). The number of hydrogen-bond donors (Lipinski definition) is 1. The lowest BCUT2D eigenvalue weighted by molar-refractivity contribution is 0.0187. The summed E-state index contributed by atoms with van der Waals surface area (Å²) in [6.45, 7) is 6.14. The number of benzene rings is 1. The molecule has 0 heterocycles. The van der Waals surface area contributed by atoms with Crippen LogP contribution >= 0.6 is 0 Å². The smallest absolute Gasteiger partial charge is 0.0874 e. The van der Waals surface area contributed by atoms with Gasteiger partial charge in [0, 0.05) is 12.8 Å². The van der Waals surface area contributed by atoms with E-state index in [1.165, 1.54) is 11.1 Å². The molecule has 0 aliphatic carbocycles. The van der Waals surface area contributed by atoms with Crippen molar-refractivity contribution in [2.75, 3.05) is 12.8 Å². The summed E-state index contributed by atoms with van der Waals surface area (Å²) in [5.41, 5.74) is 8.59. The molecule has 0 spiro atoms. The van der Waals surface area contributed by atoms with Crippen LogP contribution in [-0.4, -0.2) is 7.11 Å². The summed E-state index contributed by atoms with van der Waals surface area (Å²) in [7, 11) is 1.72. The number of ether oxygens (including phenoxy) is 1. The monoisotopic (exact) mass is 179 g/mol. The van der Waals surface area contributed by atoms with Crippen LogP contribution in [0.25, 0.3) is 0 Å². The van der Waals surface area contributed by atoms with Gasteiger partial charge in [-0.1, -0.05) is 6.07 Å². The zero-order valence-corrected chi connectivity index (χ0v) is 8.72. The molecular formula is C11H17NO. The van der Waals surface area contributed by atoms with Crippen LogP contribution in [0.5, 0.6) is 0 Å². The maximum absolute atomic E-state index is 5.67. The van der Waals surface area contributed by atoms with E-state index in [-0.39, 0.29) is 5.60 Å². The predicted octanol–water partition coefficient (Wildman–Crippen LogP) is 2.46. The van der Waals surface area contributed by atoms with Gasteiger partial charge in [-0.05, 0) is 44.0 Å². The molecule has 0 amide bonds. The molecule has 72 valence electrons. The van der Waals surface area contributed by atoms with E-state index >= 15 is 0 Å². The van der Waals surface area contributed by atoms with Gasteiger partial charge in [0.2, 0.25) is 0 Å². The molecule has 0 radical (unpaired) electrons. The largest absolute Gasteiger partial charge is 0.399 e. The lowest BCUT2D eigenvalue weighted by Gasteiger charge is -2.25. The number of hydrogen-bond acceptors (Lipinski definition) is 2. The summed E-state index contributed by atoms with van der Waals surface area (Å²) < 4.78 is 5.40. The molecule has 0 fully saturated rings. The molecule has 2 nitrogen and oxygen atoms in total. The molecule has 2 N–H and O–H groups in total. The molecule has 0 atom stereocenters. The summed E-state index contributed by atoms with van der Waals surface area (Å²) in [6, 6.07) is 5.90. The van der Waals surface area contributed by atoms with Gasteiger partial charge in [0.05, 0.1) is 5.60 Å². The number of aryl methyl sites for hydroxylation is 1. The lowest BCUT2D eigenvalue weighted by atomic mass is 9.93. The van der Waals surface area contributed by atoms with Crippen molar-refractivity contribution < 1.29 is 4.74 Å². The SMILES string of the molecule is COC(C)(C)c1ccc(N)cc1C. The van der Waals surface area contributed by atoms with Crippen LogP contribution in [0.1, 0.15) is 25.0 Å². The topological polar surface area (TPSA) is 35.2 Å². The number of anilines is 1. The van der Waals surface area contributed by atoms with E-state index in [9.17, 15) is 0 Å². The molecule has 0 aliphatic rings. The molecule has 13 heavy (non-hydrogen) atoms. The molecule has 0 saturated carbocycles. The maximum Gasteiger partial charge on any atom is 0.0874 e. The minimum atomic E-state index is -0.238. The first-order chi connectivity index (χ1) is 5.97. The number of methoxy groups -OCH3 is 1. The third-order valence-corrected chi connectivity index (χ3v) is 2.41. The highest BCUT2D eigenvalue weighted by Gasteiger charge is 2.20. The zero-order chi connectivity index (χ0) is 10.1. The molecule has 1 aromatic rings. The van der Waals surface area contributed by atoms with Gasteiger partial charge in [-0.3, -0.25) is 0 Å². The summed E-state index contributed by atoms with van der Waals surface area (Å²) in [5, 5.41) is 0. The average molecular weight is 179 g/mol. The molecule has 0 bridgehead atoms. The van der Waals surface area contributed by atoms with Gasteiger partial charge in [-0.2, -0.15) is 0 Å². The summed E-state index contributed by atoms with van der Waals surface area (Å²) >= 11 is 0. The first-order valence-corrected chi connectivity index (χ1v) is 4.39. The third-order valence-electron chi connectivity index (χ3n) is 2.41. The Balaban J connectivity index is 3.16. The summed E-state index contributed by atoms with van der Waals surface area (Å²) in [4.78, 5) is 0. The van der Waals surface area contributed by atoms with Gasteiger partial charge in [-0.25, -0.2) is 0 Å². The Hall–Kier alpha value is -1.02. The second kappa shape index (κ2) is 3.38. The molecule has 0 aromatic heterocycles. The van der Waals surface area contributed by atoms with Crippen molar-refractivity contribution in [3.05, 3.63) is 29.3 Å². The van der Waals surface area contributed by atoms with Crippen molar-refractivity contribution in [3.8, 4) is 0 Å². The fourth-order valence-electron chi connectivity index (χ4n) is 1.47. The minimum absolute atomic E-state index is 0.238. The molecule has 2 heteroatoms. The fraction of sp³-hybridized carbons (Fsp3) is 0.455. The molecular weight excluding hydrogens is 162 g/mol. The van der Waals surface area contributed by atoms with Crippen LogP contribution < -0.4 is 5.73 Å². The highest BCUT2D eigenvalue weighted by atomic mass is 16.5. The molecule has 0 aliphatic heterocycles. The van der Waals surface area contributed by atoms with Crippen molar-refractivity contribution in [2.45, 2.75) is 26.4 Å². The van der Waals surface area contributed by atoms with Crippen LogP contribution in [0.3, 0.4) is 0 Å². The van der Waals surface area contributed by atoms with Gasteiger partial charge < -0.3 is 10.5 Å². The van der Waals surface area contributed by atoms with Gasteiger partial charge in [0.25, 0.3) is 0 Å². The zero-order valence-electron chi connectivity index (χ0n) is 8.72. The molecule has 0 unspecified atom stereocenters. The van der Waals surface area contributed by atoms with E-state index in [4.69, 9.17) is 10.5 Å². The van der Waals surface area contributed by atoms with E-state index in [0.29, 0.717) is 0 Å². The van der Waals surface area contributed by atoms with Gasteiger partial charge in [-0.15, -0.1) is 0 Å². The van der Waals surface area contributed by atoms with E-state index in [2.05, 4.69) is 0 Å². The molecule has 0 saturated heterocycles. The summed E-state index contributed by atoms with van der Waals surface area (Å²) in [6.07, 6.45) is 0. The normalized spacial score (nSPS) is 11.7. The minimum Gasteiger partial charge on any atom is -0.399 e. The number of rotatable bonds is 2. The Morgan fingerprint density at radius 2 is 1.92 bits per heavy atom. The van der Waals surface area contributed by atoms with Crippen molar-refractivity contribution in [1.29, 1.82) is 0 Å². The van der Waals surface area contributed by atoms with Crippen molar-refractivity contribution >= 4 is 5.69 Å². The van der Waals surface area contributed by atoms with Gasteiger partial charge in [0.15, 0.2) is 0 Å². The lowest BCUT2D eigenvalue weighted by Crippen LogP contribution is -2.20. The Kier molecular flexibility index (Phi) is 2.62. The van der Waals surface area contributed by atoms with Crippen LogP contribution in [0.4, 0.5) is 5.69 Å². The second-order valence-electron chi connectivity index (χ2n) is 3.79. The Morgan fingerprint density at radius 3 is 2.38 bits per heavy atom. The highest BCUT2D eigenvalue weighted by molar-refractivity contribution is 5.45. The summed E-state index contributed by atoms with van der Waals surface area (Å²) in [5.74, 6) is 0. The quantitative estimate of drug-likeness (QED) is 0.708. The predicted molar refractivity (Wildman–Crippen MR) is 55.6 cm³/mol. The third kappa shape index (κ3) is 2.01. The van der Waals surface area contributed by atoms with E-state index in [0.717, 1.165) is 5.69 Å². The number of nitrogens with two attached hydrogens (primary N) is 1. The second-order valence-corrected chi connectivity index (χ2v) is 3.79. The Bertz CT molecular complexity index is 305. The highest BCUT2D eigenvalue weighted by Crippen LogP contribution is 2.27. The molecule has 1 aromatic carbocycles. The first-order valence-electron chi connectivity index (χ1n) is 4.39.